The molecule has 1 aromatic carbocycles. The van der Waals surface area contributed by atoms with Crippen molar-refractivity contribution in [1.29, 1.82) is 0 Å². The normalized spacial score (nSPS) is 18.4. The van der Waals surface area contributed by atoms with Gasteiger partial charge in [0, 0.05) is 12.1 Å². The highest BCUT2D eigenvalue weighted by Gasteiger charge is 2.34. The van der Waals surface area contributed by atoms with Gasteiger partial charge >= 0.3 is 6.18 Å². The van der Waals surface area contributed by atoms with E-state index in [4.69, 9.17) is 4.84 Å². The third kappa shape index (κ3) is 3.06. The van der Waals surface area contributed by atoms with E-state index < -0.39 is 29.6 Å². The Bertz CT molecular complexity index is 569. The molecule has 8 heteroatoms. The predicted octanol–water partition coefficient (Wildman–Crippen LogP) is 2.95. The van der Waals surface area contributed by atoms with E-state index in [9.17, 15) is 22.4 Å². The van der Waals surface area contributed by atoms with Crippen molar-refractivity contribution in [2.24, 2.45) is 5.16 Å². The lowest BCUT2D eigenvalue weighted by molar-refractivity contribution is -0.139. The van der Waals surface area contributed by atoms with Gasteiger partial charge in [0.25, 0.3) is 5.91 Å². The van der Waals surface area contributed by atoms with Crippen LogP contribution in [0.2, 0.25) is 0 Å². The van der Waals surface area contributed by atoms with Crippen LogP contribution in [0.15, 0.2) is 23.4 Å². The van der Waals surface area contributed by atoms with Crippen LogP contribution in [0.1, 0.15) is 18.9 Å². The summed E-state index contributed by atoms with van der Waals surface area (Å²) in [5.41, 5.74) is -0.829. The molecule has 0 fully saturated rings. The second-order valence-electron chi connectivity index (χ2n) is 4.31. The second kappa shape index (κ2) is 5.10. The molecule has 0 bridgehead atoms. The fraction of sp³-hybridized carbons (Fsp3) is 0.333. The maximum Gasteiger partial charge on any atom is 0.419 e. The molecule has 1 heterocycles. The number of anilines is 1. The van der Waals surface area contributed by atoms with E-state index in [-0.39, 0.29) is 12.1 Å². The van der Waals surface area contributed by atoms with E-state index >= 15 is 0 Å². The van der Waals surface area contributed by atoms with E-state index in [0.717, 1.165) is 6.07 Å². The van der Waals surface area contributed by atoms with Crippen LogP contribution < -0.4 is 5.32 Å². The number of nitrogens with zero attached hydrogens (tertiary/aromatic N) is 1. The third-order valence-corrected chi connectivity index (χ3v) is 2.65. The van der Waals surface area contributed by atoms with Crippen molar-refractivity contribution < 1.29 is 27.2 Å². The lowest BCUT2D eigenvalue weighted by Crippen LogP contribution is -2.27. The van der Waals surface area contributed by atoms with Gasteiger partial charge in [-0.2, -0.15) is 13.2 Å². The highest BCUT2D eigenvalue weighted by atomic mass is 19.4. The summed E-state index contributed by atoms with van der Waals surface area (Å²) in [6.45, 7) is 1.67. The number of rotatable bonds is 2. The molecule has 0 aliphatic carbocycles. The molecular formula is C12H10F4N2O2. The Morgan fingerprint density at radius 3 is 2.65 bits per heavy atom. The molecule has 0 saturated heterocycles. The maximum atomic E-state index is 13.3. The van der Waals surface area contributed by atoms with Crippen LogP contribution >= 0.6 is 0 Å². The molecular weight excluding hydrogens is 280 g/mol. The summed E-state index contributed by atoms with van der Waals surface area (Å²) in [7, 11) is 0. The van der Waals surface area contributed by atoms with Crippen molar-refractivity contribution in [2.45, 2.75) is 25.6 Å². The Morgan fingerprint density at radius 1 is 1.45 bits per heavy atom. The quantitative estimate of drug-likeness (QED) is 0.851. The minimum Gasteiger partial charge on any atom is -0.382 e. The van der Waals surface area contributed by atoms with E-state index in [1.165, 1.54) is 0 Å². The molecule has 1 aromatic rings. The number of nitrogens with one attached hydrogen (secondary N) is 1. The number of oxime groups is 1. The zero-order chi connectivity index (χ0) is 14.9. The fourth-order valence-electron chi connectivity index (χ4n) is 1.68. The van der Waals surface area contributed by atoms with Gasteiger partial charge in [0.1, 0.15) is 5.82 Å². The Morgan fingerprint density at radius 2 is 2.15 bits per heavy atom. The molecule has 2 rings (SSSR count). The van der Waals surface area contributed by atoms with Gasteiger partial charge in [-0.15, -0.1) is 0 Å². The van der Waals surface area contributed by atoms with Crippen molar-refractivity contribution in [3.05, 3.63) is 29.6 Å². The SMILES string of the molecule is CC1=NOC(C(=O)Nc2ccc(C(F)(F)F)c(F)c2)C1. The van der Waals surface area contributed by atoms with Crippen LogP contribution in [0.3, 0.4) is 0 Å². The lowest BCUT2D eigenvalue weighted by Gasteiger charge is -2.12. The number of hydrogen-bond acceptors (Lipinski definition) is 3. The van der Waals surface area contributed by atoms with E-state index in [0.29, 0.717) is 17.8 Å². The first kappa shape index (κ1) is 14.3. The van der Waals surface area contributed by atoms with Crippen LogP contribution in [0.25, 0.3) is 0 Å². The number of carbonyl (C=O) groups excluding carboxylic acids is 1. The summed E-state index contributed by atoms with van der Waals surface area (Å²) in [6.07, 6.45) is -5.33. The van der Waals surface area contributed by atoms with Crippen molar-refractivity contribution >= 4 is 17.3 Å². The Hall–Kier alpha value is -2.12. The zero-order valence-corrected chi connectivity index (χ0v) is 10.3. The average molecular weight is 290 g/mol. The average Bonchev–Trinajstić information content (AvgIpc) is 2.74. The number of benzene rings is 1. The van der Waals surface area contributed by atoms with Crippen molar-refractivity contribution in [1.82, 2.24) is 0 Å². The molecule has 0 radical (unpaired) electrons. The standard InChI is InChI=1S/C12H10F4N2O2/c1-6-4-10(20-18-6)11(19)17-7-2-3-8(9(13)5-7)12(14,15)16/h2-3,5,10H,4H2,1H3,(H,17,19). The summed E-state index contributed by atoms with van der Waals surface area (Å²) >= 11 is 0. The van der Waals surface area contributed by atoms with Crippen LogP contribution in [0.5, 0.6) is 0 Å². The topological polar surface area (TPSA) is 50.7 Å². The van der Waals surface area contributed by atoms with Gasteiger partial charge in [0.2, 0.25) is 6.10 Å². The van der Waals surface area contributed by atoms with Crippen molar-refractivity contribution in [3.63, 3.8) is 0 Å². The molecule has 1 aliphatic rings. The van der Waals surface area contributed by atoms with Crippen molar-refractivity contribution in [3.8, 4) is 0 Å². The monoisotopic (exact) mass is 290 g/mol. The van der Waals surface area contributed by atoms with Crippen LogP contribution in [-0.4, -0.2) is 17.7 Å². The van der Waals surface area contributed by atoms with Crippen LogP contribution in [0, 0.1) is 5.82 Å². The van der Waals surface area contributed by atoms with Gasteiger partial charge in [-0.1, -0.05) is 5.16 Å². The number of amides is 1. The second-order valence-corrected chi connectivity index (χ2v) is 4.31. The first-order valence-corrected chi connectivity index (χ1v) is 5.64. The summed E-state index contributed by atoms with van der Waals surface area (Å²) in [5.74, 6) is -2.04. The Labute approximate surface area is 111 Å². The van der Waals surface area contributed by atoms with E-state index in [2.05, 4.69) is 10.5 Å². The van der Waals surface area contributed by atoms with Gasteiger partial charge in [-0.25, -0.2) is 4.39 Å². The highest BCUT2D eigenvalue weighted by molar-refractivity contribution is 5.98. The molecule has 1 aliphatic heterocycles. The number of alkyl halides is 3. The third-order valence-electron chi connectivity index (χ3n) is 2.65. The highest BCUT2D eigenvalue weighted by Crippen LogP contribution is 2.32. The Kier molecular flexibility index (Phi) is 3.65. The van der Waals surface area contributed by atoms with Gasteiger partial charge in [0.05, 0.1) is 11.3 Å². The molecule has 4 nitrogen and oxygen atoms in total. The molecule has 0 saturated carbocycles. The van der Waals surface area contributed by atoms with Crippen LogP contribution in [0.4, 0.5) is 23.2 Å². The van der Waals surface area contributed by atoms with Gasteiger partial charge in [-0.05, 0) is 25.1 Å². The number of carbonyl (C=O) groups is 1. The largest absolute Gasteiger partial charge is 0.419 e. The number of halogens is 4. The van der Waals surface area contributed by atoms with Crippen molar-refractivity contribution in [2.75, 3.05) is 5.32 Å². The van der Waals surface area contributed by atoms with Gasteiger partial charge in [0.15, 0.2) is 0 Å². The first-order valence-electron chi connectivity index (χ1n) is 5.64. The van der Waals surface area contributed by atoms with Crippen LogP contribution in [-0.2, 0) is 15.8 Å². The smallest absolute Gasteiger partial charge is 0.382 e. The molecule has 1 unspecified atom stereocenters. The molecule has 108 valence electrons. The minimum atomic E-state index is -4.77. The summed E-state index contributed by atoms with van der Waals surface area (Å²) < 4.78 is 50.4. The first-order chi connectivity index (χ1) is 9.27. The lowest BCUT2D eigenvalue weighted by atomic mass is 10.1. The molecule has 0 aromatic heterocycles. The Balaban J connectivity index is 2.08. The summed E-state index contributed by atoms with van der Waals surface area (Å²) in [4.78, 5) is 16.5. The molecule has 0 spiro atoms. The van der Waals surface area contributed by atoms with E-state index in [1.54, 1.807) is 6.92 Å². The number of hydrogen-bond donors (Lipinski definition) is 1. The minimum absolute atomic E-state index is 0.0753. The predicted molar refractivity (Wildman–Crippen MR) is 62.6 cm³/mol. The maximum absolute atomic E-state index is 13.3. The molecule has 1 amide bonds. The summed E-state index contributed by atoms with van der Waals surface area (Å²) in [5, 5.41) is 5.86. The summed E-state index contributed by atoms with van der Waals surface area (Å²) in [6, 6.07) is 2.16. The van der Waals surface area contributed by atoms with Gasteiger partial charge in [-0.3, -0.25) is 4.79 Å². The molecule has 20 heavy (non-hydrogen) atoms. The molecule has 1 atom stereocenters. The van der Waals surface area contributed by atoms with E-state index in [1.807, 2.05) is 0 Å². The molecule has 1 N–H and O–H groups in total. The van der Waals surface area contributed by atoms with Gasteiger partial charge < -0.3 is 10.2 Å². The zero-order valence-electron chi connectivity index (χ0n) is 10.3. The fourth-order valence-corrected chi connectivity index (χ4v) is 1.68.